The molecular formula is C9H8ClNO4. The van der Waals surface area contributed by atoms with Gasteiger partial charge in [0.25, 0.3) is 5.69 Å². The SMILES string of the molecule is O=Cc1cc([N+](=O)[O-])ccc1OCCCl. The van der Waals surface area contributed by atoms with Crippen molar-refractivity contribution >= 4 is 23.6 Å². The van der Waals surface area contributed by atoms with Gasteiger partial charge in [-0.1, -0.05) is 0 Å². The molecule has 5 nitrogen and oxygen atoms in total. The first kappa shape index (κ1) is 11.5. The van der Waals surface area contributed by atoms with E-state index in [4.69, 9.17) is 16.3 Å². The van der Waals surface area contributed by atoms with E-state index in [1.807, 2.05) is 0 Å². The normalized spacial score (nSPS) is 9.67. The van der Waals surface area contributed by atoms with E-state index < -0.39 is 4.92 Å². The molecule has 0 N–H and O–H groups in total. The third-order valence-electron chi connectivity index (χ3n) is 1.67. The minimum Gasteiger partial charge on any atom is -0.492 e. The summed E-state index contributed by atoms with van der Waals surface area (Å²) in [5.74, 6) is 0.589. The highest BCUT2D eigenvalue weighted by atomic mass is 35.5. The molecule has 15 heavy (non-hydrogen) atoms. The molecule has 0 saturated heterocycles. The number of benzene rings is 1. The van der Waals surface area contributed by atoms with Crippen LogP contribution in [0.4, 0.5) is 5.69 Å². The van der Waals surface area contributed by atoms with E-state index in [0.29, 0.717) is 12.0 Å². The second-order valence-corrected chi connectivity index (χ2v) is 3.01. The molecule has 0 heterocycles. The van der Waals surface area contributed by atoms with Crippen molar-refractivity contribution in [1.29, 1.82) is 0 Å². The predicted molar refractivity (Wildman–Crippen MR) is 54.7 cm³/mol. The van der Waals surface area contributed by atoms with Crippen LogP contribution in [0, 0.1) is 10.1 Å². The quantitative estimate of drug-likeness (QED) is 0.335. The third-order valence-corrected chi connectivity index (χ3v) is 1.82. The molecule has 1 rings (SSSR count). The monoisotopic (exact) mass is 229 g/mol. The zero-order valence-electron chi connectivity index (χ0n) is 7.68. The first-order valence-electron chi connectivity index (χ1n) is 4.11. The Bertz CT molecular complexity index is 380. The van der Waals surface area contributed by atoms with Crippen molar-refractivity contribution in [3.8, 4) is 5.75 Å². The molecule has 0 unspecified atom stereocenters. The van der Waals surface area contributed by atoms with E-state index in [0.717, 1.165) is 6.07 Å². The maximum atomic E-state index is 10.6. The highest BCUT2D eigenvalue weighted by molar-refractivity contribution is 6.18. The van der Waals surface area contributed by atoms with Crippen LogP contribution in [0.15, 0.2) is 18.2 Å². The van der Waals surface area contributed by atoms with Gasteiger partial charge in [-0.05, 0) is 6.07 Å². The Morgan fingerprint density at radius 3 is 2.80 bits per heavy atom. The number of hydrogen-bond donors (Lipinski definition) is 0. The lowest BCUT2D eigenvalue weighted by molar-refractivity contribution is -0.384. The zero-order valence-corrected chi connectivity index (χ0v) is 8.44. The maximum absolute atomic E-state index is 10.6. The predicted octanol–water partition coefficient (Wildman–Crippen LogP) is 2.02. The number of carbonyl (C=O) groups excluding carboxylic acids is 1. The number of nitro groups is 1. The summed E-state index contributed by atoms with van der Waals surface area (Å²) in [4.78, 5) is 20.5. The first-order chi connectivity index (χ1) is 7.19. The standard InChI is InChI=1S/C9H8ClNO4/c10-3-4-15-9-2-1-8(11(13)14)5-7(9)6-12/h1-2,5-6H,3-4H2. The Balaban J connectivity index is 2.98. The van der Waals surface area contributed by atoms with Gasteiger partial charge < -0.3 is 4.74 Å². The molecule has 1 aromatic rings. The second-order valence-electron chi connectivity index (χ2n) is 2.63. The van der Waals surface area contributed by atoms with Crippen molar-refractivity contribution in [2.24, 2.45) is 0 Å². The van der Waals surface area contributed by atoms with Gasteiger partial charge in [-0.3, -0.25) is 14.9 Å². The molecule has 0 radical (unpaired) electrons. The summed E-state index contributed by atoms with van der Waals surface area (Å²) in [6.07, 6.45) is 0.510. The van der Waals surface area contributed by atoms with Crippen molar-refractivity contribution in [1.82, 2.24) is 0 Å². The van der Waals surface area contributed by atoms with Gasteiger partial charge in [-0.15, -0.1) is 11.6 Å². The fourth-order valence-electron chi connectivity index (χ4n) is 1.02. The molecule has 0 saturated carbocycles. The lowest BCUT2D eigenvalue weighted by Crippen LogP contribution is -2.01. The molecule has 0 amide bonds. The topological polar surface area (TPSA) is 69.4 Å². The number of alkyl halides is 1. The lowest BCUT2D eigenvalue weighted by Gasteiger charge is -2.05. The maximum Gasteiger partial charge on any atom is 0.270 e. The van der Waals surface area contributed by atoms with Gasteiger partial charge in [0.2, 0.25) is 0 Å². The Labute approximate surface area is 90.8 Å². The molecule has 0 fully saturated rings. The summed E-state index contributed by atoms with van der Waals surface area (Å²) in [6, 6.07) is 3.82. The average molecular weight is 230 g/mol. The van der Waals surface area contributed by atoms with Crippen LogP contribution >= 0.6 is 11.6 Å². The number of ether oxygens (including phenoxy) is 1. The van der Waals surface area contributed by atoms with E-state index in [2.05, 4.69) is 0 Å². The van der Waals surface area contributed by atoms with Crippen molar-refractivity contribution in [2.45, 2.75) is 0 Å². The van der Waals surface area contributed by atoms with E-state index in [-0.39, 0.29) is 23.7 Å². The Morgan fingerprint density at radius 1 is 1.53 bits per heavy atom. The number of aldehydes is 1. The minimum absolute atomic E-state index is 0.143. The molecule has 6 heteroatoms. The molecule has 0 spiro atoms. The Morgan fingerprint density at radius 2 is 2.27 bits per heavy atom. The Kier molecular flexibility index (Phi) is 4.05. The molecule has 1 aromatic carbocycles. The largest absolute Gasteiger partial charge is 0.492 e. The fraction of sp³-hybridized carbons (Fsp3) is 0.222. The zero-order chi connectivity index (χ0) is 11.3. The van der Waals surface area contributed by atoms with Crippen molar-refractivity contribution < 1.29 is 14.5 Å². The van der Waals surface area contributed by atoms with Gasteiger partial charge in [0.05, 0.1) is 16.4 Å². The highest BCUT2D eigenvalue weighted by Gasteiger charge is 2.10. The van der Waals surface area contributed by atoms with Crippen molar-refractivity contribution in [3.63, 3.8) is 0 Å². The Hall–Kier alpha value is -1.62. The lowest BCUT2D eigenvalue weighted by atomic mass is 10.2. The van der Waals surface area contributed by atoms with Gasteiger partial charge >= 0.3 is 0 Å². The molecular weight excluding hydrogens is 222 g/mol. The summed E-state index contributed by atoms with van der Waals surface area (Å²) in [5.41, 5.74) is 0.00430. The summed E-state index contributed by atoms with van der Waals surface area (Å²) in [7, 11) is 0. The summed E-state index contributed by atoms with van der Waals surface area (Å²) in [6.45, 7) is 0.250. The van der Waals surface area contributed by atoms with Crippen LogP contribution in [0.5, 0.6) is 5.75 Å². The van der Waals surface area contributed by atoms with Crippen LogP contribution in [-0.4, -0.2) is 23.7 Å². The summed E-state index contributed by atoms with van der Waals surface area (Å²) < 4.78 is 5.13. The van der Waals surface area contributed by atoms with E-state index in [1.165, 1.54) is 12.1 Å². The molecule has 0 aliphatic heterocycles. The average Bonchev–Trinajstić information content (AvgIpc) is 2.25. The van der Waals surface area contributed by atoms with Crippen LogP contribution in [-0.2, 0) is 0 Å². The number of rotatable bonds is 5. The van der Waals surface area contributed by atoms with E-state index in [1.54, 1.807) is 0 Å². The number of non-ortho nitro benzene ring substituents is 1. The van der Waals surface area contributed by atoms with Crippen molar-refractivity contribution in [3.05, 3.63) is 33.9 Å². The molecule has 0 atom stereocenters. The molecule has 80 valence electrons. The van der Waals surface area contributed by atoms with Crippen LogP contribution < -0.4 is 4.74 Å². The minimum atomic E-state index is -0.571. The van der Waals surface area contributed by atoms with Gasteiger partial charge in [0, 0.05) is 12.1 Å². The number of carbonyl (C=O) groups is 1. The smallest absolute Gasteiger partial charge is 0.270 e. The second kappa shape index (κ2) is 5.31. The number of nitro benzene ring substituents is 1. The van der Waals surface area contributed by atoms with Crippen LogP contribution in [0.2, 0.25) is 0 Å². The molecule has 0 aliphatic rings. The van der Waals surface area contributed by atoms with Gasteiger partial charge in [0.1, 0.15) is 12.4 Å². The number of nitrogens with zero attached hydrogens (tertiary/aromatic N) is 1. The fourth-order valence-corrected chi connectivity index (χ4v) is 1.10. The van der Waals surface area contributed by atoms with Crippen LogP contribution in [0.1, 0.15) is 10.4 Å². The van der Waals surface area contributed by atoms with Crippen LogP contribution in [0.3, 0.4) is 0 Å². The summed E-state index contributed by atoms with van der Waals surface area (Å²) >= 11 is 5.41. The molecule has 0 aliphatic carbocycles. The summed E-state index contributed by atoms with van der Waals surface area (Å²) in [5, 5.41) is 10.4. The van der Waals surface area contributed by atoms with E-state index in [9.17, 15) is 14.9 Å². The number of halogens is 1. The molecule has 0 aromatic heterocycles. The van der Waals surface area contributed by atoms with Crippen molar-refractivity contribution in [2.75, 3.05) is 12.5 Å². The first-order valence-corrected chi connectivity index (χ1v) is 4.65. The number of hydrogen-bond acceptors (Lipinski definition) is 4. The highest BCUT2D eigenvalue weighted by Crippen LogP contribution is 2.22. The van der Waals surface area contributed by atoms with Gasteiger partial charge in [-0.25, -0.2) is 0 Å². The van der Waals surface area contributed by atoms with Gasteiger partial charge in [0.15, 0.2) is 6.29 Å². The third kappa shape index (κ3) is 2.92. The van der Waals surface area contributed by atoms with Gasteiger partial charge in [-0.2, -0.15) is 0 Å². The van der Waals surface area contributed by atoms with E-state index >= 15 is 0 Å². The molecule has 0 bridgehead atoms. The van der Waals surface area contributed by atoms with Crippen LogP contribution in [0.25, 0.3) is 0 Å².